The Kier molecular flexibility index (Phi) is 7.84. The molecule has 1 fully saturated rings. The van der Waals surface area contributed by atoms with Crippen molar-refractivity contribution in [3.8, 4) is 17.2 Å². The van der Waals surface area contributed by atoms with Crippen LogP contribution in [-0.4, -0.2) is 75.6 Å². The van der Waals surface area contributed by atoms with Crippen LogP contribution in [0.25, 0.3) is 0 Å². The third-order valence-electron chi connectivity index (χ3n) is 6.36. The third-order valence-corrected chi connectivity index (χ3v) is 6.36. The van der Waals surface area contributed by atoms with E-state index in [1.54, 1.807) is 19.2 Å². The van der Waals surface area contributed by atoms with Crippen molar-refractivity contribution >= 4 is 17.7 Å². The molecular formula is C26H32N4O6. The van der Waals surface area contributed by atoms with Crippen LogP contribution < -0.4 is 25.0 Å². The third kappa shape index (κ3) is 5.33. The fraction of sp³-hybridized carbons (Fsp3) is 0.385. The Hall–Kier alpha value is -3.92. The average Bonchev–Trinajstić information content (AvgIpc) is 2.90. The molecule has 1 atom stereocenters. The summed E-state index contributed by atoms with van der Waals surface area (Å²) in [7, 11) is 2.98. The SMILES string of the molecule is CCOc1cc([C@@H]2NC(=O)NC(CN3CCN(c4ccccc4OC)CC3)=C2C(=O)OC)ccc1O. The summed E-state index contributed by atoms with van der Waals surface area (Å²) in [5.74, 6) is 0.551. The normalized spacial score (nSPS) is 18.4. The first-order valence-electron chi connectivity index (χ1n) is 11.9. The maximum atomic E-state index is 12.9. The number of ether oxygens (including phenoxy) is 3. The highest BCUT2D eigenvalue weighted by Crippen LogP contribution is 2.34. The molecule has 2 aliphatic heterocycles. The number of phenols is 1. The van der Waals surface area contributed by atoms with Crippen molar-refractivity contribution < 1.29 is 28.9 Å². The molecule has 2 aliphatic rings. The average molecular weight is 497 g/mol. The standard InChI is InChI=1S/C26H32N4O6/c1-4-36-22-15-17(9-10-20(22)31)24-23(25(32)35-3)18(27-26(33)28-24)16-29-11-13-30(14-12-29)19-7-5-6-8-21(19)34-2/h5-10,15,24,31H,4,11-14,16H2,1-3H3,(H2,27,28,33)/t24-/m0/s1. The highest BCUT2D eigenvalue weighted by molar-refractivity contribution is 5.95. The number of phenolic OH excluding ortho intramolecular Hbond substituents is 1. The molecule has 10 nitrogen and oxygen atoms in total. The molecule has 10 heteroatoms. The van der Waals surface area contributed by atoms with Crippen LogP contribution >= 0.6 is 0 Å². The van der Waals surface area contributed by atoms with Crippen LogP contribution in [0.3, 0.4) is 0 Å². The number of nitrogens with one attached hydrogen (secondary N) is 2. The van der Waals surface area contributed by atoms with Gasteiger partial charge in [-0.2, -0.15) is 0 Å². The second kappa shape index (κ2) is 11.2. The van der Waals surface area contributed by atoms with Gasteiger partial charge in [-0.25, -0.2) is 9.59 Å². The Morgan fingerprint density at radius 2 is 1.83 bits per heavy atom. The minimum Gasteiger partial charge on any atom is -0.504 e. The van der Waals surface area contributed by atoms with Crippen molar-refractivity contribution in [2.24, 2.45) is 0 Å². The first kappa shape index (κ1) is 25.2. The van der Waals surface area contributed by atoms with Crippen LogP contribution in [0, 0.1) is 0 Å². The van der Waals surface area contributed by atoms with E-state index >= 15 is 0 Å². The van der Waals surface area contributed by atoms with Crippen molar-refractivity contribution in [3.05, 3.63) is 59.3 Å². The Labute approximate surface area is 210 Å². The van der Waals surface area contributed by atoms with Gasteiger partial charge < -0.3 is 34.9 Å². The Morgan fingerprint density at radius 1 is 1.08 bits per heavy atom. The topological polar surface area (TPSA) is 113 Å². The van der Waals surface area contributed by atoms with E-state index in [1.807, 2.05) is 31.2 Å². The van der Waals surface area contributed by atoms with E-state index in [2.05, 4.69) is 20.4 Å². The van der Waals surface area contributed by atoms with Crippen LogP contribution in [-0.2, 0) is 9.53 Å². The van der Waals surface area contributed by atoms with Crippen molar-refractivity contribution in [1.82, 2.24) is 15.5 Å². The van der Waals surface area contributed by atoms with Crippen molar-refractivity contribution in [2.75, 3.05) is 58.5 Å². The summed E-state index contributed by atoms with van der Waals surface area (Å²) in [4.78, 5) is 30.0. The van der Waals surface area contributed by atoms with Gasteiger partial charge in [-0.1, -0.05) is 18.2 Å². The fourth-order valence-electron chi connectivity index (χ4n) is 4.59. The first-order chi connectivity index (χ1) is 17.4. The number of hydrogen-bond donors (Lipinski definition) is 3. The number of urea groups is 1. The van der Waals surface area contributed by atoms with Gasteiger partial charge in [0.1, 0.15) is 5.75 Å². The Morgan fingerprint density at radius 3 is 2.53 bits per heavy atom. The van der Waals surface area contributed by atoms with Gasteiger partial charge in [0.25, 0.3) is 0 Å². The molecule has 0 saturated carbocycles. The van der Waals surface area contributed by atoms with Gasteiger partial charge in [-0.05, 0) is 36.8 Å². The fourth-order valence-corrected chi connectivity index (χ4v) is 4.59. The molecule has 0 unspecified atom stereocenters. The monoisotopic (exact) mass is 496 g/mol. The highest BCUT2D eigenvalue weighted by Gasteiger charge is 2.35. The smallest absolute Gasteiger partial charge is 0.338 e. The molecule has 0 bridgehead atoms. The summed E-state index contributed by atoms with van der Waals surface area (Å²) in [6.07, 6.45) is 0. The van der Waals surface area contributed by atoms with Crippen LogP contribution in [0.1, 0.15) is 18.5 Å². The van der Waals surface area contributed by atoms with E-state index in [0.717, 1.165) is 37.6 Å². The predicted molar refractivity (Wildman–Crippen MR) is 134 cm³/mol. The summed E-state index contributed by atoms with van der Waals surface area (Å²) >= 11 is 0. The van der Waals surface area contributed by atoms with Gasteiger partial charge in [-0.3, -0.25) is 4.90 Å². The molecule has 0 spiro atoms. The molecule has 0 aliphatic carbocycles. The van der Waals surface area contributed by atoms with Gasteiger partial charge in [0.15, 0.2) is 11.5 Å². The van der Waals surface area contributed by atoms with Crippen molar-refractivity contribution in [3.63, 3.8) is 0 Å². The number of amides is 2. The lowest BCUT2D eigenvalue weighted by Gasteiger charge is -2.38. The van der Waals surface area contributed by atoms with Crippen LogP contribution in [0.15, 0.2) is 53.7 Å². The molecule has 2 aromatic rings. The van der Waals surface area contributed by atoms with Gasteiger partial charge in [0.05, 0.1) is 38.1 Å². The number of esters is 1. The zero-order chi connectivity index (χ0) is 25.7. The summed E-state index contributed by atoms with van der Waals surface area (Å²) in [5, 5.41) is 15.7. The van der Waals surface area contributed by atoms with Crippen LogP contribution in [0.2, 0.25) is 0 Å². The number of nitrogens with zero attached hydrogens (tertiary/aromatic N) is 2. The second-order valence-corrected chi connectivity index (χ2v) is 8.51. The van der Waals surface area contributed by atoms with Gasteiger partial charge in [-0.15, -0.1) is 0 Å². The largest absolute Gasteiger partial charge is 0.504 e. The number of hydrogen-bond acceptors (Lipinski definition) is 8. The molecule has 2 aromatic carbocycles. The minimum atomic E-state index is -0.754. The summed E-state index contributed by atoms with van der Waals surface area (Å²) < 4.78 is 16.1. The van der Waals surface area contributed by atoms with E-state index in [1.165, 1.54) is 13.2 Å². The van der Waals surface area contributed by atoms with Gasteiger partial charge in [0.2, 0.25) is 0 Å². The quantitative estimate of drug-likeness (QED) is 0.478. The lowest BCUT2D eigenvalue weighted by Crippen LogP contribution is -2.51. The van der Waals surface area contributed by atoms with E-state index in [4.69, 9.17) is 14.2 Å². The number of carbonyl (C=O) groups excluding carboxylic acids is 2. The maximum Gasteiger partial charge on any atom is 0.338 e. The number of methoxy groups -OCH3 is 2. The highest BCUT2D eigenvalue weighted by atomic mass is 16.5. The van der Waals surface area contributed by atoms with E-state index < -0.39 is 18.0 Å². The van der Waals surface area contributed by atoms with Gasteiger partial charge >= 0.3 is 12.0 Å². The molecule has 2 heterocycles. The zero-order valence-corrected chi connectivity index (χ0v) is 20.7. The molecule has 192 valence electrons. The Balaban J connectivity index is 1.57. The minimum absolute atomic E-state index is 0.0161. The van der Waals surface area contributed by atoms with Crippen LogP contribution in [0.5, 0.6) is 17.2 Å². The maximum absolute atomic E-state index is 12.9. The summed E-state index contributed by atoms with van der Waals surface area (Å²) in [6.45, 7) is 5.56. The number of benzene rings is 2. The lowest BCUT2D eigenvalue weighted by atomic mass is 9.94. The number of para-hydroxylation sites is 2. The first-order valence-corrected chi connectivity index (χ1v) is 11.9. The summed E-state index contributed by atoms with van der Waals surface area (Å²) in [5.41, 5.74) is 2.46. The number of rotatable bonds is 8. The van der Waals surface area contributed by atoms with E-state index in [9.17, 15) is 14.7 Å². The molecule has 1 saturated heterocycles. The number of aromatic hydroxyl groups is 1. The molecule has 2 amide bonds. The predicted octanol–water partition coefficient (Wildman–Crippen LogP) is 2.40. The molecule has 3 N–H and O–H groups in total. The summed E-state index contributed by atoms with van der Waals surface area (Å²) in [6, 6.07) is 11.5. The zero-order valence-electron chi connectivity index (χ0n) is 20.7. The number of carbonyl (C=O) groups is 2. The van der Waals surface area contributed by atoms with Crippen molar-refractivity contribution in [1.29, 1.82) is 0 Å². The molecule has 36 heavy (non-hydrogen) atoms. The van der Waals surface area contributed by atoms with Crippen LogP contribution in [0.4, 0.5) is 10.5 Å². The van der Waals surface area contributed by atoms with E-state index in [-0.39, 0.29) is 11.5 Å². The molecule has 0 radical (unpaired) electrons. The van der Waals surface area contributed by atoms with Crippen molar-refractivity contribution in [2.45, 2.75) is 13.0 Å². The number of piperazine rings is 1. The molecular weight excluding hydrogens is 464 g/mol. The molecule has 4 rings (SSSR count). The lowest BCUT2D eigenvalue weighted by molar-refractivity contribution is -0.136. The van der Waals surface area contributed by atoms with E-state index in [0.29, 0.717) is 30.0 Å². The number of anilines is 1. The molecule has 0 aromatic heterocycles. The second-order valence-electron chi connectivity index (χ2n) is 8.51. The van der Waals surface area contributed by atoms with Gasteiger partial charge in [0, 0.05) is 38.4 Å². The Bertz CT molecular complexity index is 1140.